The van der Waals surface area contributed by atoms with Crippen molar-refractivity contribution in [1.82, 2.24) is 4.57 Å². The summed E-state index contributed by atoms with van der Waals surface area (Å²) in [6, 6.07) is 0. The van der Waals surface area contributed by atoms with Gasteiger partial charge in [0, 0.05) is 18.9 Å². The molecule has 0 aromatic carbocycles. The number of rotatable bonds is 3. The first-order chi connectivity index (χ1) is 7.24. The summed E-state index contributed by atoms with van der Waals surface area (Å²) in [6.07, 6.45) is 2.97. The van der Waals surface area contributed by atoms with Crippen molar-refractivity contribution in [3.05, 3.63) is 27.1 Å². The van der Waals surface area contributed by atoms with Crippen LogP contribution in [0, 0.1) is 5.41 Å². The zero-order chi connectivity index (χ0) is 12.5. The van der Waals surface area contributed by atoms with Crippen molar-refractivity contribution in [3.63, 3.8) is 0 Å². The van der Waals surface area contributed by atoms with Crippen molar-refractivity contribution >= 4 is 27.6 Å². The van der Waals surface area contributed by atoms with E-state index in [1.54, 1.807) is 18.4 Å². The number of halogens is 1. The highest BCUT2D eigenvalue weighted by atomic mass is 79.9. The van der Waals surface area contributed by atoms with E-state index in [0.29, 0.717) is 4.47 Å². The maximum Gasteiger partial charge on any atom is 0.310 e. The third-order valence-corrected chi connectivity index (χ3v) is 2.78. The fourth-order valence-corrected chi connectivity index (χ4v) is 1.72. The lowest BCUT2D eigenvalue weighted by atomic mass is 9.94. The third-order valence-electron chi connectivity index (χ3n) is 2.22. The minimum atomic E-state index is -0.916. The van der Waals surface area contributed by atoms with E-state index in [2.05, 4.69) is 15.9 Å². The van der Waals surface area contributed by atoms with Crippen LogP contribution in [0.4, 0.5) is 5.69 Å². The summed E-state index contributed by atoms with van der Waals surface area (Å²) in [5.41, 5.74) is 4.40. The molecule has 0 unspecified atom stereocenters. The molecule has 1 aromatic heterocycles. The zero-order valence-electron chi connectivity index (χ0n) is 9.03. The van der Waals surface area contributed by atoms with Crippen LogP contribution in [0.15, 0.2) is 21.7 Å². The molecule has 1 heterocycles. The average molecular weight is 289 g/mol. The first-order valence-corrected chi connectivity index (χ1v) is 5.42. The predicted molar refractivity (Wildman–Crippen MR) is 64.2 cm³/mol. The minimum Gasteiger partial charge on any atom is -0.481 e. The Kier molecular flexibility index (Phi) is 3.42. The summed E-state index contributed by atoms with van der Waals surface area (Å²) in [5.74, 6) is -0.902. The van der Waals surface area contributed by atoms with Gasteiger partial charge in [-0.2, -0.15) is 0 Å². The Morgan fingerprint density at radius 1 is 1.56 bits per heavy atom. The van der Waals surface area contributed by atoms with Gasteiger partial charge in [0.15, 0.2) is 0 Å². The maximum absolute atomic E-state index is 11.3. The lowest BCUT2D eigenvalue weighted by molar-refractivity contribution is -0.147. The molecule has 6 heteroatoms. The molecule has 0 aliphatic carbocycles. The molecule has 0 aliphatic rings. The van der Waals surface area contributed by atoms with Crippen LogP contribution in [0.25, 0.3) is 0 Å². The van der Waals surface area contributed by atoms with E-state index in [0.717, 1.165) is 0 Å². The Hall–Kier alpha value is -1.30. The number of nitrogens with two attached hydrogens (primary N) is 1. The summed E-state index contributed by atoms with van der Waals surface area (Å²) in [6.45, 7) is 3.46. The number of hydrogen-bond donors (Lipinski definition) is 2. The molecule has 16 heavy (non-hydrogen) atoms. The van der Waals surface area contributed by atoms with E-state index in [1.807, 2.05) is 0 Å². The smallest absolute Gasteiger partial charge is 0.310 e. The second-order valence-corrected chi connectivity index (χ2v) is 5.11. The number of carbonyl (C=O) groups is 1. The second kappa shape index (κ2) is 4.29. The quantitative estimate of drug-likeness (QED) is 0.878. The summed E-state index contributed by atoms with van der Waals surface area (Å²) in [5, 5.41) is 8.98. The maximum atomic E-state index is 11.3. The topological polar surface area (TPSA) is 85.3 Å². The number of carboxylic acids is 1. The van der Waals surface area contributed by atoms with E-state index in [4.69, 9.17) is 10.8 Å². The highest BCUT2D eigenvalue weighted by molar-refractivity contribution is 9.10. The molecule has 1 rings (SSSR count). The van der Waals surface area contributed by atoms with Gasteiger partial charge in [0.1, 0.15) is 0 Å². The molecule has 0 saturated heterocycles. The van der Waals surface area contributed by atoms with Crippen LogP contribution in [-0.4, -0.2) is 15.6 Å². The minimum absolute atomic E-state index is 0.0931. The Bertz CT molecular complexity index is 453. The van der Waals surface area contributed by atoms with Crippen molar-refractivity contribution < 1.29 is 9.90 Å². The van der Waals surface area contributed by atoms with Gasteiger partial charge < -0.3 is 15.4 Å². The highest BCUT2D eigenvalue weighted by Gasteiger charge is 2.27. The zero-order valence-corrected chi connectivity index (χ0v) is 10.6. The summed E-state index contributed by atoms with van der Waals surface area (Å²) >= 11 is 3.08. The molecular weight excluding hydrogens is 276 g/mol. The summed E-state index contributed by atoms with van der Waals surface area (Å²) in [7, 11) is 0. The van der Waals surface area contributed by atoms with Gasteiger partial charge in [-0.3, -0.25) is 9.59 Å². The van der Waals surface area contributed by atoms with Gasteiger partial charge in [0.25, 0.3) is 0 Å². The van der Waals surface area contributed by atoms with Crippen LogP contribution in [0.5, 0.6) is 0 Å². The Morgan fingerprint density at radius 3 is 2.56 bits per heavy atom. The van der Waals surface area contributed by atoms with Crippen molar-refractivity contribution in [3.8, 4) is 0 Å². The monoisotopic (exact) mass is 288 g/mol. The number of anilines is 1. The Balaban J connectivity index is 3.09. The van der Waals surface area contributed by atoms with E-state index >= 15 is 0 Å². The van der Waals surface area contributed by atoms with Crippen LogP contribution >= 0.6 is 15.9 Å². The standard InChI is InChI=1S/C10H13BrN2O3/c1-10(2,9(15)16)5-13-3-6(11)8(14)7(12)4-13/h3-4H,5,12H2,1-2H3,(H,15,16). The SMILES string of the molecule is CC(C)(Cn1cc(N)c(=O)c(Br)c1)C(=O)O. The number of nitrogens with zero attached hydrogens (tertiary/aromatic N) is 1. The number of nitrogen functional groups attached to an aromatic ring is 1. The molecule has 1 aromatic rings. The summed E-state index contributed by atoms with van der Waals surface area (Å²) < 4.78 is 1.92. The molecular formula is C10H13BrN2O3. The van der Waals surface area contributed by atoms with Crippen molar-refractivity contribution in [1.29, 1.82) is 0 Å². The molecule has 0 saturated carbocycles. The Labute approximate surface area is 101 Å². The van der Waals surface area contributed by atoms with E-state index < -0.39 is 11.4 Å². The average Bonchev–Trinajstić information content (AvgIpc) is 2.13. The van der Waals surface area contributed by atoms with Crippen LogP contribution in [-0.2, 0) is 11.3 Å². The first kappa shape index (κ1) is 12.8. The fraction of sp³-hybridized carbons (Fsp3) is 0.400. The van der Waals surface area contributed by atoms with Crippen LogP contribution in [0.2, 0.25) is 0 Å². The van der Waals surface area contributed by atoms with Gasteiger partial charge in [-0.15, -0.1) is 0 Å². The number of hydrogen-bond acceptors (Lipinski definition) is 3. The molecule has 88 valence electrons. The molecule has 0 radical (unpaired) electrons. The van der Waals surface area contributed by atoms with Gasteiger partial charge in [-0.1, -0.05) is 0 Å². The lowest BCUT2D eigenvalue weighted by Gasteiger charge is -2.21. The van der Waals surface area contributed by atoms with Gasteiger partial charge in [-0.05, 0) is 29.8 Å². The molecule has 3 N–H and O–H groups in total. The number of pyridine rings is 1. The largest absolute Gasteiger partial charge is 0.481 e. The lowest BCUT2D eigenvalue weighted by Crippen LogP contribution is -2.29. The fourth-order valence-electron chi connectivity index (χ4n) is 1.23. The van der Waals surface area contributed by atoms with Gasteiger partial charge in [0.05, 0.1) is 15.6 Å². The van der Waals surface area contributed by atoms with Gasteiger partial charge in [0.2, 0.25) is 5.43 Å². The predicted octanol–water partition coefficient (Wildman–Crippen LogP) is 1.30. The van der Waals surface area contributed by atoms with E-state index in [-0.39, 0.29) is 17.7 Å². The normalized spacial score (nSPS) is 11.4. The number of carboxylic acid groups (broad SMARTS) is 1. The molecule has 0 amide bonds. The number of aromatic nitrogens is 1. The molecule has 0 spiro atoms. The highest BCUT2D eigenvalue weighted by Crippen LogP contribution is 2.19. The number of aliphatic carboxylic acids is 1. The third kappa shape index (κ3) is 2.63. The van der Waals surface area contributed by atoms with E-state index in [9.17, 15) is 9.59 Å². The van der Waals surface area contributed by atoms with Crippen LogP contribution < -0.4 is 11.2 Å². The Morgan fingerprint density at radius 2 is 2.12 bits per heavy atom. The van der Waals surface area contributed by atoms with Gasteiger partial charge >= 0.3 is 5.97 Å². The summed E-state index contributed by atoms with van der Waals surface area (Å²) in [4.78, 5) is 22.3. The molecule has 5 nitrogen and oxygen atoms in total. The van der Waals surface area contributed by atoms with Crippen molar-refractivity contribution in [2.75, 3.05) is 5.73 Å². The first-order valence-electron chi connectivity index (χ1n) is 4.62. The molecule has 0 bridgehead atoms. The molecule has 0 fully saturated rings. The molecule has 0 atom stereocenters. The van der Waals surface area contributed by atoms with Crippen molar-refractivity contribution in [2.24, 2.45) is 5.41 Å². The van der Waals surface area contributed by atoms with E-state index in [1.165, 1.54) is 12.4 Å². The van der Waals surface area contributed by atoms with Gasteiger partial charge in [-0.25, -0.2) is 0 Å². The van der Waals surface area contributed by atoms with Crippen molar-refractivity contribution in [2.45, 2.75) is 20.4 Å². The molecule has 0 aliphatic heterocycles. The van der Waals surface area contributed by atoms with Crippen LogP contribution in [0.3, 0.4) is 0 Å². The second-order valence-electron chi connectivity index (χ2n) is 4.25. The van der Waals surface area contributed by atoms with Crippen LogP contribution in [0.1, 0.15) is 13.8 Å².